The zero-order chi connectivity index (χ0) is 14.6. The molecule has 2 saturated carbocycles. The molecule has 0 bridgehead atoms. The van der Waals surface area contributed by atoms with E-state index in [0.29, 0.717) is 0 Å². The minimum atomic E-state index is -1.31. The molecule has 0 aromatic carbocycles. The SMILES string of the molecule is [2H]C1([2H])N2CCC3(CC3)[C@@]2(C([2H])([2H])C(C)C)CC12CC2. The molecule has 2 aliphatic heterocycles. The first-order chi connectivity index (χ1) is 9.15. The summed E-state index contributed by atoms with van der Waals surface area (Å²) in [5, 5.41) is 0. The van der Waals surface area contributed by atoms with Crippen LogP contribution in [0.3, 0.4) is 0 Å². The second-order valence-electron chi connectivity index (χ2n) is 6.91. The molecule has 4 rings (SSSR count). The molecular formula is C15H25N. The molecule has 0 N–H and O–H groups in total. The lowest BCUT2D eigenvalue weighted by molar-refractivity contribution is 0.107. The summed E-state index contributed by atoms with van der Waals surface area (Å²) < 4.78 is 35.0. The van der Waals surface area contributed by atoms with Gasteiger partial charge in [0.2, 0.25) is 0 Å². The van der Waals surface area contributed by atoms with Gasteiger partial charge in [0, 0.05) is 17.5 Å². The van der Waals surface area contributed by atoms with Crippen molar-refractivity contribution in [2.75, 3.05) is 13.0 Å². The highest BCUT2D eigenvalue weighted by atomic mass is 15.3. The Balaban J connectivity index is 1.89. The van der Waals surface area contributed by atoms with Crippen LogP contribution < -0.4 is 0 Å². The molecule has 2 heterocycles. The quantitative estimate of drug-likeness (QED) is 0.693. The number of rotatable bonds is 2. The molecule has 2 spiro atoms. The van der Waals surface area contributed by atoms with E-state index in [4.69, 9.17) is 5.48 Å². The normalized spacial score (nSPS) is 49.9. The maximum absolute atomic E-state index is 8.83. The molecular weight excluding hydrogens is 194 g/mol. The minimum absolute atomic E-state index is 0.0646. The molecule has 1 nitrogen and oxygen atoms in total. The number of fused-ring (bicyclic) bond motifs is 2. The summed E-state index contributed by atoms with van der Waals surface area (Å²) in [5.41, 5.74) is -0.723. The number of nitrogens with zero attached hydrogens (tertiary/aromatic N) is 1. The molecule has 0 radical (unpaired) electrons. The van der Waals surface area contributed by atoms with E-state index in [1.54, 1.807) is 0 Å². The van der Waals surface area contributed by atoms with Gasteiger partial charge < -0.3 is 0 Å². The van der Waals surface area contributed by atoms with Crippen molar-refractivity contribution >= 4 is 0 Å². The van der Waals surface area contributed by atoms with Crippen molar-refractivity contribution in [2.45, 2.75) is 64.3 Å². The van der Waals surface area contributed by atoms with Crippen molar-refractivity contribution in [3.05, 3.63) is 0 Å². The van der Waals surface area contributed by atoms with Crippen LogP contribution in [0.15, 0.2) is 0 Å². The fourth-order valence-electron chi connectivity index (χ4n) is 4.27. The molecule has 2 aliphatic carbocycles. The first-order valence-electron chi connectivity index (χ1n) is 8.93. The van der Waals surface area contributed by atoms with Crippen molar-refractivity contribution < 1.29 is 5.48 Å². The lowest BCUT2D eigenvalue weighted by Crippen LogP contribution is -2.45. The third-order valence-corrected chi connectivity index (χ3v) is 5.35. The molecule has 1 heteroatoms. The van der Waals surface area contributed by atoms with Gasteiger partial charge in [0.05, 0.1) is 0 Å². The summed E-state index contributed by atoms with van der Waals surface area (Å²) in [7, 11) is 0. The molecule has 0 unspecified atom stereocenters. The topological polar surface area (TPSA) is 3.24 Å². The zero-order valence-corrected chi connectivity index (χ0v) is 10.5. The summed E-state index contributed by atoms with van der Waals surface area (Å²) in [4.78, 5) is 1.99. The smallest absolute Gasteiger partial charge is 0.0437 e. The van der Waals surface area contributed by atoms with Crippen molar-refractivity contribution in [2.24, 2.45) is 16.7 Å². The van der Waals surface area contributed by atoms with Gasteiger partial charge in [-0.2, -0.15) is 0 Å². The average Bonchev–Trinajstić information content (AvgIpc) is 3.18. The van der Waals surface area contributed by atoms with Gasteiger partial charge >= 0.3 is 0 Å². The predicted molar refractivity (Wildman–Crippen MR) is 66.3 cm³/mol. The Morgan fingerprint density at radius 3 is 2.56 bits per heavy atom. The van der Waals surface area contributed by atoms with Gasteiger partial charge in [-0.1, -0.05) is 13.8 Å². The second kappa shape index (κ2) is 2.68. The van der Waals surface area contributed by atoms with Crippen molar-refractivity contribution in [3.8, 4) is 0 Å². The fraction of sp³-hybridized carbons (Fsp3) is 1.00. The Morgan fingerprint density at radius 2 is 2.00 bits per heavy atom. The Hall–Kier alpha value is -0.0400. The summed E-state index contributed by atoms with van der Waals surface area (Å²) in [6.07, 6.45) is 4.53. The summed E-state index contributed by atoms with van der Waals surface area (Å²) >= 11 is 0. The Labute approximate surface area is 105 Å². The molecule has 4 fully saturated rings. The van der Waals surface area contributed by atoms with Crippen LogP contribution in [0.5, 0.6) is 0 Å². The van der Waals surface area contributed by atoms with Gasteiger partial charge in [0.1, 0.15) is 0 Å². The van der Waals surface area contributed by atoms with Crippen molar-refractivity contribution in [3.63, 3.8) is 0 Å². The van der Waals surface area contributed by atoms with Crippen LogP contribution in [0.1, 0.15) is 64.2 Å². The van der Waals surface area contributed by atoms with Gasteiger partial charge in [-0.15, -0.1) is 0 Å². The van der Waals surface area contributed by atoms with Gasteiger partial charge in [0.25, 0.3) is 0 Å². The van der Waals surface area contributed by atoms with Crippen LogP contribution in [-0.4, -0.2) is 23.5 Å². The van der Waals surface area contributed by atoms with Crippen molar-refractivity contribution in [1.82, 2.24) is 4.90 Å². The molecule has 0 amide bonds. The fourth-order valence-corrected chi connectivity index (χ4v) is 4.27. The first-order valence-corrected chi connectivity index (χ1v) is 6.93. The van der Waals surface area contributed by atoms with E-state index in [9.17, 15) is 0 Å². The molecule has 1 atom stereocenters. The van der Waals surface area contributed by atoms with Gasteiger partial charge in [-0.05, 0) is 68.2 Å². The van der Waals surface area contributed by atoms with Crippen LogP contribution >= 0.6 is 0 Å². The summed E-state index contributed by atoms with van der Waals surface area (Å²) in [5.74, 6) is -0.0646. The lowest BCUT2D eigenvalue weighted by atomic mass is 9.72. The van der Waals surface area contributed by atoms with E-state index in [0.717, 1.165) is 45.1 Å². The van der Waals surface area contributed by atoms with Gasteiger partial charge in [-0.25, -0.2) is 0 Å². The standard InChI is InChI=1S/C15H25N/c1-12(2)9-15-10-13(3-4-13)11-16(15)8-7-14(15)5-6-14/h12H,3-11H2,1-2H3/t15-/m1/s1/i9D2,11D2. The van der Waals surface area contributed by atoms with E-state index < -0.39 is 18.4 Å². The predicted octanol–water partition coefficient (Wildman–Crippen LogP) is 3.44. The van der Waals surface area contributed by atoms with Gasteiger partial charge in [-0.3, -0.25) is 4.90 Å². The molecule has 16 heavy (non-hydrogen) atoms. The first kappa shape index (κ1) is 6.78. The van der Waals surface area contributed by atoms with Gasteiger partial charge in [0.15, 0.2) is 0 Å². The lowest BCUT2D eigenvalue weighted by Gasteiger charge is -2.39. The maximum Gasteiger partial charge on any atom is 0.0437 e. The Kier molecular flexibility index (Phi) is 1.14. The highest BCUT2D eigenvalue weighted by molar-refractivity contribution is 5.25. The maximum atomic E-state index is 8.83. The summed E-state index contributed by atoms with van der Waals surface area (Å²) in [6, 6.07) is 0. The van der Waals surface area contributed by atoms with E-state index >= 15 is 0 Å². The van der Waals surface area contributed by atoms with Crippen LogP contribution in [0.2, 0.25) is 0 Å². The third-order valence-electron chi connectivity index (χ3n) is 5.35. The highest BCUT2D eigenvalue weighted by Crippen LogP contribution is 2.73. The Bertz CT molecular complexity index is 464. The monoisotopic (exact) mass is 223 g/mol. The number of hydrogen-bond acceptors (Lipinski definition) is 1. The van der Waals surface area contributed by atoms with Crippen LogP contribution in [-0.2, 0) is 0 Å². The van der Waals surface area contributed by atoms with E-state index in [-0.39, 0.29) is 16.7 Å². The van der Waals surface area contributed by atoms with E-state index in [2.05, 4.69) is 0 Å². The van der Waals surface area contributed by atoms with E-state index in [1.807, 2.05) is 18.7 Å². The molecule has 2 saturated heterocycles. The highest BCUT2D eigenvalue weighted by Gasteiger charge is 2.71. The second-order valence-corrected chi connectivity index (χ2v) is 6.91. The van der Waals surface area contributed by atoms with Crippen LogP contribution in [0.4, 0.5) is 0 Å². The average molecular weight is 223 g/mol. The van der Waals surface area contributed by atoms with Crippen LogP contribution in [0.25, 0.3) is 0 Å². The molecule has 4 aliphatic rings. The van der Waals surface area contributed by atoms with Crippen LogP contribution in [0, 0.1) is 16.7 Å². The van der Waals surface area contributed by atoms with E-state index in [1.165, 1.54) is 0 Å². The summed E-state index contributed by atoms with van der Waals surface area (Å²) in [6.45, 7) is 3.38. The number of hydrogen-bond donors (Lipinski definition) is 0. The molecule has 90 valence electrons. The largest absolute Gasteiger partial charge is 0.296 e. The Morgan fingerprint density at radius 1 is 1.25 bits per heavy atom. The zero-order valence-electron chi connectivity index (χ0n) is 14.5. The molecule has 0 aromatic heterocycles. The molecule has 0 aromatic rings. The third kappa shape index (κ3) is 1.06. The minimum Gasteiger partial charge on any atom is -0.296 e. The van der Waals surface area contributed by atoms with Crippen molar-refractivity contribution in [1.29, 1.82) is 0 Å².